The Hall–Kier alpha value is -4.30. The van der Waals surface area contributed by atoms with Crippen LogP contribution in [0.3, 0.4) is 0 Å². The first-order valence-electron chi connectivity index (χ1n) is 12.8. The smallest absolute Gasteiger partial charge is 0.194 e. The zero-order valence-corrected chi connectivity index (χ0v) is 22.2. The largest absolute Gasteiger partial charge is 0.507 e. The van der Waals surface area contributed by atoms with E-state index in [0.29, 0.717) is 69.1 Å². The molecule has 0 atom stereocenters. The summed E-state index contributed by atoms with van der Waals surface area (Å²) in [4.78, 5) is 27.0. The second-order valence-corrected chi connectivity index (χ2v) is 10.1. The van der Waals surface area contributed by atoms with Crippen LogP contribution in [0.1, 0.15) is 36.5 Å². The minimum absolute atomic E-state index is 0.0169. The fourth-order valence-corrected chi connectivity index (χ4v) is 6.48. The standard InChI is InChI=1S/C31H28O8/c1-13-9-15-14(7-5-6-8-32)29(35)23-17(33)11-19(37-2)25-26-20(38-3)12-18(34)24-28(26)22(21(15)27(23)25)16(10-13)31(39-4)30(24)36/h10-12,32,35-36H,5-9H2,1-4H3. The van der Waals surface area contributed by atoms with Crippen molar-refractivity contribution in [3.63, 3.8) is 0 Å². The highest BCUT2D eigenvalue weighted by Gasteiger charge is 2.32. The van der Waals surface area contributed by atoms with Gasteiger partial charge in [0.15, 0.2) is 22.4 Å². The van der Waals surface area contributed by atoms with Crippen LogP contribution in [0.15, 0.2) is 27.3 Å². The van der Waals surface area contributed by atoms with Crippen LogP contribution in [0.2, 0.25) is 0 Å². The van der Waals surface area contributed by atoms with Gasteiger partial charge in [0.1, 0.15) is 17.2 Å². The van der Waals surface area contributed by atoms with Crippen LogP contribution in [-0.2, 0) is 12.8 Å². The monoisotopic (exact) mass is 528 g/mol. The lowest BCUT2D eigenvalue weighted by Crippen LogP contribution is -2.10. The van der Waals surface area contributed by atoms with Gasteiger partial charge >= 0.3 is 0 Å². The van der Waals surface area contributed by atoms with Crippen molar-refractivity contribution in [2.75, 3.05) is 27.9 Å². The number of aliphatic hydroxyl groups excluding tert-OH is 1. The fourth-order valence-electron chi connectivity index (χ4n) is 6.48. The van der Waals surface area contributed by atoms with Crippen LogP contribution in [0.4, 0.5) is 0 Å². The van der Waals surface area contributed by atoms with Crippen molar-refractivity contribution in [1.29, 1.82) is 0 Å². The van der Waals surface area contributed by atoms with E-state index in [1.165, 1.54) is 33.5 Å². The van der Waals surface area contributed by atoms with E-state index in [-0.39, 0.29) is 46.1 Å². The Labute approximate surface area is 223 Å². The lowest BCUT2D eigenvalue weighted by Gasteiger charge is -2.24. The summed E-state index contributed by atoms with van der Waals surface area (Å²) in [7, 11) is 4.36. The second-order valence-electron chi connectivity index (χ2n) is 10.1. The predicted molar refractivity (Wildman–Crippen MR) is 152 cm³/mol. The molecule has 6 rings (SSSR count). The third kappa shape index (κ3) is 3.21. The molecule has 0 fully saturated rings. The summed E-state index contributed by atoms with van der Waals surface area (Å²) >= 11 is 0. The van der Waals surface area contributed by atoms with E-state index >= 15 is 0 Å². The lowest BCUT2D eigenvalue weighted by atomic mass is 9.82. The summed E-state index contributed by atoms with van der Waals surface area (Å²) < 4.78 is 17.1. The van der Waals surface area contributed by atoms with Gasteiger partial charge in [-0.1, -0.05) is 11.6 Å². The average molecular weight is 529 g/mol. The second kappa shape index (κ2) is 8.88. The van der Waals surface area contributed by atoms with Crippen LogP contribution in [0, 0.1) is 0 Å². The molecule has 5 aromatic carbocycles. The summed E-state index contributed by atoms with van der Waals surface area (Å²) in [6.07, 6.45) is 3.98. The molecule has 0 aromatic heterocycles. The van der Waals surface area contributed by atoms with E-state index in [0.717, 1.165) is 11.1 Å². The molecule has 3 N–H and O–H groups in total. The van der Waals surface area contributed by atoms with Crippen LogP contribution in [0.5, 0.6) is 28.7 Å². The molecule has 0 heterocycles. The number of aromatic hydroxyl groups is 2. The molecule has 200 valence electrons. The highest BCUT2D eigenvalue weighted by atomic mass is 16.5. The van der Waals surface area contributed by atoms with Crippen LogP contribution in [-0.4, -0.2) is 43.3 Å². The van der Waals surface area contributed by atoms with Crippen molar-refractivity contribution in [1.82, 2.24) is 0 Å². The quantitative estimate of drug-likeness (QED) is 0.159. The van der Waals surface area contributed by atoms with Crippen LogP contribution < -0.4 is 25.1 Å². The first-order chi connectivity index (χ1) is 18.8. The van der Waals surface area contributed by atoms with Crippen LogP contribution >= 0.6 is 0 Å². The maximum absolute atomic E-state index is 13.6. The number of hydrogen-bond acceptors (Lipinski definition) is 8. The number of unbranched alkanes of at least 4 members (excludes halogenated alkanes) is 1. The van der Waals surface area contributed by atoms with Gasteiger partial charge in [-0.25, -0.2) is 0 Å². The van der Waals surface area contributed by atoms with Crippen molar-refractivity contribution in [3.8, 4) is 28.7 Å². The molecule has 0 unspecified atom stereocenters. The van der Waals surface area contributed by atoms with Gasteiger partial charge in [-0.05, 0) is 49.1 Å². The summed E-state index contributed by atoms with van der Waals surface area (Å²) in [6, 6.07) is 2.65. The van der Waals surface area contributed by atoms with E-state index in [1.807, 2.05) is 13.0 Å². The normalized spacial score (nSPS) is 13.1. The summed E-state index contributed by atoms with van der Waals surface area (Å²) in [6.45, 7) is 1.97. The number of rotatable bonds is 7. The molecular formula is C31H28O8. The first-order valence-corrected chi connectivity index (χ1v) is 12.8. The minimum atomic E-state index is -0.434. The number of hydrogen-bond donors (Lipinski definition) is 3. The minimum Gasteiger partial charge on any atom is -0.507 e. The van der Waals surface area contributed by atoms with Gasteiger partial charge in [-0.2, -0.15) is 0 Å². The molecule has 0 saturated carbocycles. The van der Waals surface area contributed by atoms with Gasteiger partial charge in [0.2, 0.25) is 0 Å². The molecule has 1 aliphatic carbocycles. The molecule has 5 aromatic rings. The third-order valence-electron chi connectivity index (χ3n) is 7.99. The zero-order valence-electron chi connectivity index (χ0n) is 22.2. The molecule has 8 heteroatoms. The maximum atomic E-state index is 13.6. The van der Waals surface area contributed by atoms with Gasteiger partial charge in [-0.3, -0.25) is 9.59 Å². The highest BCUT2D eigenvalue weighted by Crippen LogP contribution is 2.55. The van der Waals surface area contributed by atoms with Gasteiger partial charge in [0.25, 0.3) is 0 Å². The Morgan fingerprint density at radius 3 is 1.90 bits per heavy atom. The molecule has 0 bridgehead atoms. The number of methoxy groups -OCH3 is 3. The van der Waals surface area contributed by atoms with E-state index in [4.69, 9.17) is 14.2 Å². The fraction of sp³-hybridized carbons (Fsp3) is 0.290. The molecule has 0 spiro atoms. The van der Waals surface area contributed by atoms with Gasteiger partial charge < -0.3 is 29.5 Å². The Kier molecular flexibility index (Phi) is 5.69. The predicted octanol–water partition coefficient (Wildman–Crippen LogP) is 4.61. The Morgan fingerprint density at radius 1 is 0.744 bits per heavy atom. The Balaban J connectivity index is 2.07. The molecule has 8 nitrogen and oxygen atoms in total. The number of benzene rings is 5. The molecule has 0 saturated heterocycles. The third-order valence-corrected chi connectivity index (χ3v) is 7.99. The first kappa shape index (κ1) is 25.0. The van der Waals surface area contributed by atoms with Crippen molar-refractivity contribution in [2.45, 2.75) is 32.6 Å². The molecular weight excluding hydrogens is 500 g/mol. The number of fused-ring (bicyclic) bond motifs is 1. The lowest BCUT2D eigenvalue weighted by molar-refractivity contribution is 0.284. The maximum Gasteiger partial charge on any atom is 0.194 e. The van der Waals surface area contributed by atoms with Crippen molar-refractivity contribution < 1.29 is 29.5 Å². The number of ether oxygens (including phenoxy) is 3. The average Bonchev–Trinajstić information content (AvgIpc) is 3.06. The van der Waals surface area contributed by atoms with Crippen molar-refractivity contribution in [2.24, 2.45) is 0 Å². The summed E-state index contributed by atoms with van der Waals surface area (Å²) in [5, 5.41) is 36.1. The van der Waals surface area contributed by atoms with Gasteiger partial charge in [0.05, 0.1) is 32.1 Å². The van der Waals surface area contributed by atoms with Gasteiger partial charge in [-0.15, -0.1) is 0 Å². The van der Waals surface area contributed by atoms with E-state index in [2.05, 4.69) is 0 Å². The molecule has 0 amide bonds. The topological polar surface area (TPSA) is 123 Å². The van der Waals surface area contributed by atoms with Crippen LogP contribution in [0.25, 0.3) is 49.2 Å². The van der Waals surface area contributed by atoms with Gasteiger partial charge in [0, 0.05) is 51.2 Å². The highest BCUT2D eigenvalue weighted by molar-refractivity contribution is 6.39. The summed E-state index contributed by atoms with van der Waals surface area (Å²) in [5.41, 5.74) is 2.16. The SMILES string of the molecule is COc1c(O)c2c(=O)cc(OC)c3c4c(OC)cc(=O)c5c(O)c(CCCCO)c6c(c(c1C=C(C)C6)c23)c54. The molecule has 0 radical (unpaired) electrons. The molecule has 0 aliphatic heterocycles. The Morgan fingerprint density at radius 2 is 1.33 bits per heavy atom. The van der Waals surface area contributed by atoms with E-state index in [1.54, 1.807) is 0 Å². The molecule has 1 aliphatic rings. The Bertz CT molecular complexity index is 1970. The summed E-state index contributed by atoms with van der Waals surface area (Å²) in [5.74, 6) is 0.345. The number of phenolic OH excluding ortho intramolecular Hbond substituents is 2. The number of aliphatic hydroxyl groups is 1. The zero-order chi connectivity index (χ0) is 27.7. The van der Waals surface area contributed by atoms with E-state index < -0.39 is 10.9 Å². The molecule has 39 heavy (non-hydrogen) atoms. The van der Waals surface area contributed by atoms with E-state index in [9.17, 15) is 24.9 Å². The number of allylic oxidation sites excluding steroid dienone is 1. The van der Waals surface area contributed by atoms with Crippen molar-refractivity contribution >= 4 is 49.2 Å². The van der Waals surface area contributed by atoms with Crippen molar-refractivity contribution in [3.05, 3.63) is 54.8 Å². The number of phenols is 2.